The van der Waals surface area contributed by atoms with Gasteiger partial charge in [-0.2, -0.15) is 0 Å². The van der Waals surface area contributed by atoms with Gasteiger partial charge in [0.2, 0.25) is 10.0 Å². The molecule has 0 spiro atoms. The van der Waals surface area contributed by atoms with E-state index in [0.717, 1.165) is 15.6 Å². The van der Waals surface area contributed by atoms with Gasteiger partial charge in [0, 0.05) is 33.3 Å². The van der Waals surface area contributed by atoms with Crippen LogP contribution in [0.25, 0.3) is 0 Å². The fourth-order valence-corrected chi connectivity index (χ4v) is 4.02. The number of anilines is 2. The first-order chi connectivity index (χ1) is 14.5. The standard InChI is InChI=1S/C19H27N5O6S/c1-6-7-10-24-16(20)15(17(25)21-19(24)27)23(4)18(26)12-8-9-13(30-5)14(11-12)31(28,29)22(2)3/h8-9,11H,6-7,10,20H2,1-5H3,(H,21,25,27). The van der Waals surface area contributed by atoms with E-state index < -0.39 is 27.2 Å². The van der Waals surface area contributed by atoms with Crippen molar-refractivity contribution in [3.05, 3.63) is 44.6 Å². The van der Waals surface area contributed by atoms with Gasteiger partial charge in [0.25, 0.3) is 11.5 Å². The summed E-state index contributed by atoms with van der Waals surface area (Å²) in [7, 11) is 1.45. The molecule has 31 heavy (non-hydrogen) atoms. The summed E-state index contributed by atoms with van der Waals surface area (Å²) in [4.78, 5) is 40.6. The quantitative estimate of drug-likeness (QED) is 0.590. The Balaban J connectivity index is 2.59. The normalized spacial score (nSPS) is 11.5. The van der Waals surface area contributed by atoms with E-state index >= 15 is 0 Å². The van der Waals surface area contributed by atoms with Gasteiger partial charge in [0.05, 0.1) is 7.11 Å². The van der Waals surface area contributed by atoms with Crippen molar-refractivity contribution >= 4 is 27.4 Å². The maximum Gasteiger partial charge on any atom is 0.330 e. The molecular weight excluding hydrogens is 426 g/mol. The number of nitrogen functional groups attached to an aromatic ring is 1. The summed E-state index contributed by atoms with van der Waals surface area (Å²) >= 11 is 0. The number of methoxy groups -OCH3 is 1. The average molecular weight is 454 g/mol. The summed E-state index contributed by atoms with van der Waals surface area (Å²) in [6, 6.07) is 3.90. The third-order valence-corrected chi connectivity index (χ3v) is 6.59. The van der Waals surface area contributed by atoms with Crippen LogP contribution < -0.4 is 26.6 Å². The zero-order valence-corrected chi connectivity index (χ0v) is 18.9. The highest BCUT2D eigenvalue weighted by Gasteiger charge is 2.27. The molecule has 0 unspecified atom stereocenters. The minimum Gasteiger partial charge on any atom is -0.495 e. The molecule has 0 fully saturated rings. The Bertz CT molecular complexity index is 1200. The highest BCUT2D eigenvalue weighted by Crippen LogP contribution is 2.28. The molecule has 1 aromatic carbocycles. The van der Waals surface area contributed by atoms with Crippen LogP contribution in [0.2, 0.25) is 0 Å². The van der Waals surface area contributed by atoms with E-state index in [1.54, 1.807) is 0 Å². The molecule has 1 aromatic heterocycles. The molecule has 170 valence electrons. The molecule has 0 atom stereocenters. The van der Waals surface area contributed by atoms with Gasteiger partial charge in [-0.15, -0.1) is 0 Å². The van der Waals surface area contributed by atoms with Crippen LogP contribution in [-0.2, 0) is 16.6 Å². The molecule has 2 aromatic rings. The number of nitrogens with zero attached hydrogens (tertiary/aromatic N) is 3. The molecule has 2 rings (SSSR count). The molecular formula is C19H27N5O6S. The summed E-state index contributed by atoms with van der Waals surface area (Å²) < 4.78 is 32.6. The van der Waals surface area contributed by atoms with E-state index in [2.05, 4.69) is 4.98 Å². The SMILES string of the molecule is CCCCn1c(N)c(N(C)C(=O)c2ccc(OC)c(S(=O)(=O)N(C)C)c2)c(=O)[nH]c1=O. The Hall–Kier alpha value is -3.12. The fourth-order valence-electron chi connectivity index (χ4n) is 2.94. The molecule has 0 aliphatic heterocycles. The molecule has 1 amide bonds. The number of nitrogens with one attached hydrogen (secondary N) is 1. The number of unbranched alkanes of at least 4 members (excludes halogenated alkanes) is 1. The van der Waals surface area contributed by atoms with E-state index in [-0.39, 0.29) is 34.3 Å². The largest absolute Gasteiger partial charge is 0.495 e. The Kier molecular flexibility index (Phi) is 7.28. The number of ether oxygens (including phenoxy) is 1. The Morgan fingerprint density at radius 1 is 1.23 bits per heavy atom. The zero-order chi connectivity index (χ0) is 23.5. The molecule has 11 nitrogen and oxygen atoms in total. The first kappa shape index (κ1) is 24.2. The zero-order valence-electron chi connectivity index (χ0n) is 18.1. The van der Waals surface area contributed by atoms with Gasteiger partial charge in [0.1, 0.15) is 16.5 Å². The second-order valence-electron chi connectivity index (χ2n) is 7.02. The average Bonchev–Trinajstić information content (AvgIpc) is 2.72. The predicted molar refractivity (Wildman–Crippen MR) is 117 cm³/mol. The molecule has 0 aliphatic rings. The third-order valence-electron chi connectivity index (χ3n) is 4.76. The maximum absolute atomic E-state index is 13.1. The maximum atomic E-state index is 13.1. The number of carbonyl (C=O) groups is 1. The Morgan fingerprint density at radius 2 is 1.87 bits per heavy atom. The number of sulfonamides is 1. The number of rotatable bonds is 8. The lowest BCUT2D eigenvalue weighted by Gasteiger charge is -2.21. The van der Waals surface area contributed by atoms with Crippen LogP contribution in [-0.4, -0.2) is 56.4 Å². The van der Waals surface area contributed by atoms with Crippen molar-refractivity contribution in [1.29, 1.82) is 0 Å². The van der Waals surface area contributed by atoms with Crippen molar-refractivity contribution in [3.8, 4) is 5.75 Å². The molecule has 0 saturated carbocycles. The number of aromatic nitrogens is 2. The van der Waals surface area contributed by atoms with Gasteiger partial charge in [-0.25, -0.2) is 17.5 Å². The summed E-state index contributed by atoms with van der Waals surface area (Å²) in [5, 5.41) is 0. The minimum absolute atomic E-state index is 0.00571. The summed E-state index contributed by atoms with van der Waals surface area (Å²) in [5.74, 6) is -0.762. The van der Waals surface area contributed by atoms with Crippen LogP contribution >= 0.6 is 0 Å². The molecule has 0 radical (unpaired) electrons. The van der Waals surface area contributed by atoms with E-state index in [4.69, 9.17) is 10.5 Å². The first-order valence-corrected chi connectivity index (χ1v) is 10.9. The summed E-state index contributed by atoms with van der Waals surface area (Å²) in [6.45, 7) is 2.22. The highest BCUT2D eigenvalue weighted by atomic mass is 32.2. The minimum atomic E-state index is -3.91. The topological polar surface area (TPSA) is 148 Å². The van der Waals surface area contributed by atoms with Gasteiger partial charge >= 0.3 is 5.69 Å². The van der Waals surface area contributed by atoms with E-state index in [9.17, 15) is 22.8 Å². The van der Waals surface area contributed by atoms with Crippen molar-refractivity contribution in [3.63, 3.8) is 0 Å². The number of carbonyl (C=O) groups excluding carboxylic acids is 1. The van der Waals surface area contributed by atoms with Crippen LogP contribution in [0.1, 0.15) is 30.1 Å². The molecule has 12 heteroatoms. The van der Waals surface area contributed by atoms with E-state index in [1.165, 1.54) is 51.0 Å². The smallest absolute Gasteiger partial charge is 0.330 e. The lowest BCUT2D eigenvalue weighted by molar-refractivity contribution is 0.0992. The summed E-state index contributed by atoms with van der Waals surface area (Å²) in [6.07, 6.45) is 1.45. The lowest BCUT2D eigenvalue weighted by atomic mass is 10.2. The molecule has 1 heterocycles. The molecule has 3 N–H and O–H groups in total. The number of aromatic amines is 1. The van der Waals surface area contributed by atoms with Crippen molar-refractivity contribution in [2.45, 2.75) is 31.2 Å². The second kappa shape index (κ2) is 9.35. The first-order valence-electron chi connectivity index (χ1n) is 9.48. The van der Waals surface area contributed by atoms with E-state index in [1.807, 2.05) is 6.92 Å². The van der Waals surface area contributed by atoms with Gasteiger partial charge in [0.15, 0.2) is 5.69 Å². The van der Waals surface area contributed by atoms with Gasteiger partial charge in [-0.1, -0.05) is 13.3 Å². The number of amides is 1. The van der Waals surface area contributed by atoms with Crippen LogP contribution in [0.15, 0.2) is 32.7 Å². The van der Waals surface area contributed by atoms with Gasteiger partial charge in [-0.05, 0) is 24.6 Å². The van der Waals surface area contributed by atoms with E-state index in [0.29, 0.717) is 6.42 Å². The molecule has 0 aliphatic carbocycles. The lowest BCUT2D eigenvalue weighted by Crippen LogP contribution is -2.39. The highest BCUT2D eigenvalue weighted by molar-refractivity contribution is 7.89. The third kappa shape index (κ3) is 4.64. The summed E-state index contributed by atoms with van der Waals surface area (Å²) in [5.41, 5.74) is 4.37. The van der Waals surface area contributed by atoms with Gasteiger partial charge in [-0.3, -0.25) is 19.1 Å². The van der Waals surface area contributed by atoms with Crippen molar-refractivity contribution in [2.75, 3.05) is 38.9 Å². The number of hydrogen-bond acceptors (Lipinski definition) is 7. The molecule has 0 bridgehead atoms. The van der Waals surface area contributed by atoms with Crippen molar-refractivity contribution < 1.29 is 17.9 Å². The predicted octanol–water partition coefficient (Wildman–Crippen LogP) is 0.454. The van der Waals surface area contributed by atoms with Crippen LogP contribution in [0.5, 0.6) is 5.75 Å². The molecule has 0 saturated heterocycles. The van der Waals surface area contributed by atoms with Crippen molar-refractivity contribution in [1.82, 2.24) is 13.9 Å². The van der Waals surface area contributed by atoms with Crippen molar-refractivity contribution in [2.24, 2.45) is 0 Å². The van der Waals surface area contributed by atoms with Crippen LogP contribution in [0.3, 0.4) is 0 Å². The monoisotopic (exact) mass is 453 g/mol. The number of hydrogen-bond donors (Lipinski definition) is 2. The Labute approximate surface area is 180 Å². The van der Waals surface area contributed by atoms with Crippen LogP contribution in [0, 0.1) is 0 Å². The van der Waals surface area contributed by atoms with Gasteiger partial charge < -0.3 is 15.4 Å². The second-order valence-corrected chi connectivity index (χ2v) is 9.14. The fraction of sp³-hybridized carbons (Fsp3) is 0.421. The number of benzene rings is 1. The van der Waals surface area contributed by atoms with Crippen LogP contribution in [0.4, 0.5) is 11.5 Å². The number of nitrogens with two attached hydrogens (primary N) is 1. The Morgan fingerprint density at radius 3 is 2.42 bits per heavy atom. The number of H-pyrrole nitrogens is 1.